The molecule has 1 saturated carbocycles. The SMILES string of the molecule is COC(=O)C(C)CN(C(=O)c1cccnc1)C1CCCCC1. The van der Waals surface area contributed by atoms with Gasteiger partial charge in [-0.15, -0.1) is 0 Å². The minimum absolute atomic E-state index is 0.0456. The zero-order valence-corrected chi connectivity index (χ0v) is 13.3. The van der Waals surface area contributed by atoms with Gasteiger partial charge >= 0.3 is 5.97 Å². The number of ether oxygens (including phenoxy) is 1. The first kappa shape index (κ1) is 16.5. The molecule has 22 heavy (non-hydrogen) atoms. The summed E-state index contributed by atoms with van der Waals surface area (Å²) in [6, 6.07) is 3.73. The predicted octanol–water partition coefficient (Wildman–Crippen LogP) is 2.67. The Bertz CT molecular complexity index is 498. The Morgan fingerprint density at radius 2 is 2.09 bits per heavy atom. The first-order valence-corrected chi connectivity index (χ1v) is 7.92. The minimum Gasteiger partial charge on any atom is -0.469 e. The van der Waals surface area contributed by atoms with Crippen molar-refractivity contribution in [3.05, 3.63) is 30.1 Å². The first-order valence-electron chi connectivity index (χ1n) is 7.92. The van der Waals surface area contributed by atoms with Gasteiger partial charge in [-0.1, -0.05) is 26.2 Å². The van der Waals surface area contributed by atoms with Crippen molar-refractivity contribution in [2.75, 3.05) is 13.7 Å². The van der Waals surface area contributed by atoms with Gasteiger partial charge in [0.2, 0.25) is 0 Å². The van der Waals surface area contributed by atoms with Gasteiger partial charge in [0.15, 0.2) is 0 Å². The maximum atomic E-state index is 12.8. The Kier molecular flexibility index (Phi) is 5.92. The third-order valence-electron chi connectivity index (χ3n) is 4.26. The van der Waals surface area contributed by atoms with Gasteiger partial charge in [-0.25, -0.2) is 0 Å². The molecule has 1 heterocycles. The van der Waals surface area contributed by atoms with Crippen molar-refractivity contribution in [1.29, 1.82) is 0 Å². The van der Waals surface area contributed by atoms with Crippen molar-refractivity contribution in [3.8, 4) is 0 Å². The summed E-state index contributed by atoms with van der Waals surface area (Å²) < 4.78 is 4.80. The van der Waals surface area contributed by atoms with E-state index in [1.54, 1.807) is 31.5 Å². The van der Waals surface area contributed by atoms with Crippen molar-refractivity contribution >= 4 is 11.9 Å². The molecular formula is C17H24N2O3. The van der Waals surface area contributed by atoms with Gasteiger partial charge in [0.05, 0.1) is 18.6 Å². The van der Waals surface area contributed by atoms with E-state index in [1.807, 2.05) is 4.90 Å². The fourth-order valence-electron chi connectivity index (χ4n) is 3.02. The Hall–Kier alpha value is -1.91. The molecule has 0 saturated heterocycles. The second kappa shape index (κ2) is 7.92. The van der Waals surface area contributed by atoms with Crippen LogP contribution in [-0.2, 0) is 9.53 Å². The van der Waals surface area contributed by atoms with Crippen LogP contribution >= 0.6 is 0 Å². The van der Waals surface area contributed by atoms with Crippen LogP contribution in [-0.4, -0.2) is 41.5 Å². The van der Waals surface area contributed by atoms with Gasteiger partial charge in [-0.3, -0.25) is 14.6 Å². The molecule has 5 heteroatoms. The number of esters is 1. The molecule has 120 valence electrons. The molecule has 1 aliphatic carbocycles. The summed E-state index contributed by atoms with van der Waals surface area (Å²) in [6.07, 6.45) is 8.72. The summed E-state index contributed by atoms with van der Waals surface area (Å²) in [5, 5.41) is 0. The Morgan fingerprint density at radius 3 is 2.68 bits per heavy atom. The van der Waals surface area contributed by atoms with E-state index in [2.05, 4.69) is 4.98 Å². The standard InChI is InChI=1S/C17H24N2O3/c1-13(17(21)22-2)12-19(15-8-4-3-5-9-15)16(20)14-7-6-10-18-11-14/h6-7,10-11,13,15H,3-5,8-9,12H2,1-2H3. The van der Waals surface area contributed by atoms with Gasteiger partial charge < -0.3 is 9.64 Å². The molecule has 0 spiro atoms. The number of rotatable bonds is 5. The lowest BCUT2D eigenvalue weighted by atomic mass is 9.93. The van der Waals surface area contributed by atoms with Crippen molar-refractivity contribution < 1.29 is 14.3 Å². The van der Waals surface area contributed by atoms with Crippen molar-refractivity contribution in [2.45, 2.75) is 45.1 Å². The molecule has 0 bridgehead atoms. The van der Waals surface area contributed by atoms with Crippen LogP contribution in [0.3, 0.4) is 0 Å². The molecule has 0 N–H and O–H groups in total. The number of aromatic nitrogens is 1. The Morgan fingerprint density at radius 1 is 1.36 bits per heavy atom. The molecule has 0 aromatic carbocycles. The lowest BCUT2D eigenvalue weighted by molar-refractivity contribution is -0.145. The second-order valence-electron chi connectivity index (χ2n) is 5.92. The van der Waals surface area contributed by atoms with Gasteiger partial charge in [0, 0.05) is 25.0 Å². The number of pyridine rings is 1. The highest BCUT2D eigenvalue weighted by Gasteiger charge is 2.29. The normalized spacial score (nSPS) is 16.8. The van der Waals surface area contributed by atoms with Crippen LogP contribution in [0.1, 0.15) is 49.4 Å². The summed E-state index contributed by atoms with van der Waals surface area (Å²) in [5.74, 6) is -0.650. The fraction of sp³-hybridized carbons (Fsp3) is 0.588. The van der Waals surface area contributed by atoms with Crippen LogP contribution in [0.25, 0.3) is 0 Å². The van der Waals surface area contributed by atoms with E-state index in [0.717, 1.165) is 25.7 Å². The van der Waals surface area contributed by atoms with Crippen LogP contribution in [0, 0.1) is 5.92 Å². The predicted molar refractivity (Wildman–Crippen MR) is 83.3 cm³/mol. The molecule has 5 nitrogen and oxygen atoms in total. The van der Waals surface area contributed by atoms with Gasteiger partial charge in [0.1, 0.15) is 0 Å². The lowest BCUT2D eigenvalue weighted by Gasteiger charge is -2.35. The van der Waals surface area contributed by atoms with Gasteiger partial charge in [-0.05, 0) is 25.0 Å². The van der Waals surface area contributed by atoms with Crippen LogP contribution < -0.4 is 0 Å². The van der Waals surface area contributed by atoms with E-state index in [4.69, 9.17) is 4.74 Å². The Labute approximate surface area is 131 Å². The average molecular weight is 304 g/mol. The number of nitrogens with zero attached hydrogens (tertiary/aromatic N) is 2. The van der Waals surface area contributed by atoms with E-state index in [-0.39, 0.29) is 23.8 Å². The molecule has 1 fully saturated rings. The fourth-order valence-corrected chi connectivity index (χ4v) is 3.02. The maximum Gasteiger partial charge on any atom is 0.310 e. The number of methoxy groups -OCH3 is 1. The molecule has 0 radical (unpaired) electrons. The molecular weight excluding hydrogens is 280 g/mol. The summed E-state index contributed by atoms with van der Waals surface area (Å²) in [7, 11) is 1.38. The van der Waals surface area contributed by atoms with Crippen molar-refractivity contribution in [2.24, 2.45) is 5.92 Å². The zero-order chi connectivity index (χ0) is 15.9. The quantitative estimate of drug-likeness (QED) is 0.785. The van der Waals surface area contributed by atoms with E-state index >= 15 is 0 Å². The average Bonchev–Trinajstić information content (AvgIpc) is 2.59. The van der Waals surface area contributed by atoms with Gasteiger partial charge in [-0.2, -0.15) is 0 Å². The lowest BCUT2D eigenvalue weighted by Crippen LogP contribution is -2.45. The Balaban J connectivity index is 2.17. The van der Waals surface area contributed by atoms with E-state index in [0.29, 0.717) is 12.1 Å². The number of carbonyl (C=O) groups excluding carboxylic acids is 2. The number of hydrogen-bond acceptors (Lipinski definition) is 4. The molecule has 1 aliphatic rings. The van der Waals surface area contributed by atoms with Crippen LogP contribution in [0.5, 0.6) is 0 Å². The smallest absolute Gasteiger partial charge is 0.310 e. The molecule has 0 aliphatic heterocycles. The number of hydrogen-bond donors (Lipinski definition) is 0. The second-order valence-corrected chi connectivity index (χ2v) is 5.92. The van der Waals surface area contributed by atoms with Crippen molar-refractivity contribution in [1.82, 2.24) is 9.88 Å². The summed E-state index contributed by atoms with van der Waals surface area (Å²) in [4.78, 5) is 30.4. The maximum absolute atomic E-state index is 12.8. The third kappa shape index (κ3) is 4.06. The highest BCUT2D eigenvalue weighted by molar-refractivity contribution is 5.94. The van der Waals surface area contributed by atoms with E-state index in [9.17, 15) is 9.59 Å². The third-order valence-corrected chi connectivity index (χ3v) is 4.26. The number of carbonyl (C=O) groups is 2. The topological polar surface area (TPSA) is 59.5 Å². The van der Waals surface area contributed by atoms with Crippen LogP contribution in [0.15, 0.2) is 24.5 Å². The summed E-state index contributed by atoms with van der Waals surface area (Å²) in [6.45, 7) is 2.20. The zero-order valence-electron chi connectivity index (χ0n) is 13.3. The highest BCUT2D eigenvalue weighted by Crippen LogP contribution is 2.25. The monoisotopic (exact) mass is 304 g/mol. The molecule has 1 amide bonds. The summed E-state index contributed by atoms with van der Waals surface area (Å²) in [5.41, 5.74) is 0.574. The van der Waals surface area contributed by atoms with Crippen LogP contribution in [0.4, 0.5) is 0 Å². The first-order chi connectivity index (χ1) is 10.6. The van der Waals surface area contributed by atoms with E-state index < -0.39 is 0 Å². The number of amides is 1. The molecule has 1 unspecified atom stereocenters. The summed E-state index contributed by atoms with van der Waals surface area (Å²) >= 11 is 0. The highest BCUT2D eigenvalue weighted by atomic mass is 16.5. The minimum atomic E-state index is -0.326. The largest absolute Gasteiger partial charge is 0.469 e. The van der Waals surface area contributed by atoms with Crippen molar-refractivity contribution in [3.63, 3.8) is 0 Å². The molecule has 1 aromatic heterocycles. The van der Waals surface area contributed by atoms with Crippen LogP contribution in [0.2, 0.25) is 0 Å². The van der Waals surface area contributed by atoms with Gasteiger partial charge in [0.25, 0.3) is 5.91 Å². The molecule has 1 aromatic rings. The molecule has 1 atom stereocenters. The molecule has 2 rings (SSSR count). The van der Waals surface area contributed by atoms with E-state index in [1.165, 1.54) is 13.5 Å².